The minimum absolute atomic E-state index is 0.0393. The van der Waals surface area contributed by atoms with E-state index < -0.39 is 6.09 Å². The standard InChI is InChI=1S/C13H16ClN3O2/c14-9-1-2-11(15-6-9)16-7-10-5-13(3-4-13)8-17(10)12(18)19/h1-2,6,10H,3-5,7-8H2,(H,15,16)(H,18,19)/t10-/m0/s1. The van der Waals surface area contributed by atoms with Crippen molar-refractivity contribution in [3.63, 3.8) is 0 Å². The van der Waals surface area contributed by atoms with Crippen molar-refractivity contribution in [2.24, 2.45) is 5.41 Å². The highest BCUT2D eigenvalue weighted by Gasteiger charge is 2.53. The van der Waals surface area contributed by atoms with Crippen LogP contribution in [0.4, 0.5) is 10.6 Å². The molecular formula is C13H16ClN3O2. The fourth-order valence-electron chi connectivity index (χ4n) is 2.81. The summed E-state index contributed by atoms with van der Waals surface area (Å²) in [6.45, 7) is 1.28. The van der Waals surface area contributed by atoms with Gasteiger partial charge in [-0.1, -0.05) is 11.6 Å². The van der Waals surface area contributed by atoms with Gasteiger partial charge in [0, 0.05) is 19.3 Å². The highest BCUT2D eigenvalue weighted by molar-refractivity contribution is 6.30. The number of rotatable bonds is 3. The second kappa shape index (κ2) is 4.56. The van der Waals surface area contributed by atoms with Crippen LogP contribution in [-0.2, 0) is 0 Å². The van der Waals surface area contributed by atoms with Crippen molar-refractivity contribution in [3.8, 4) is 0 Å². The molecule has 1 aromatic rings. The molecule has 0 bridgehead atoms. The minimum atomic E-state index is -0.820. The Hall–Kier alpha value is -1.49. The molecule has 1 aliphatic carbocycles. The number of amides is 1. The average Bonchev–Trinajstić information content (AvgIpc) is 3.01. The van der Waals surface area contributed by atoms with E-state index in [9.17, 15) is 9.90 Å². The summed E-state index contributed by atoms with van der Waals surface area (Å²) < 4.78 is 0. The van der Waals surface area contributed by atoms with E-state index in [4.69, 9.17) is 11.6 Å². The van der Waals surface area contributed by atoms with Crippen molar-refractivity contribution in [3.05, 3.63) is 23.4 Å². The molecule has 1 aromatic heterocycles. The van der Waals surface area contributed by atoms with E-state index in [2.05, 4.69) is 10.3 Å². The van der Waals surface area contributed by atoms with Crippen molar-refractivity contribution in [2.75, 3.05) is 18.4 Å². The Labute approximate surface area is 116 Å². The van der Waals surface area contributed by atoms with Gasteiger partial charge in [-0.05, 0) is 36.8 Å². The highest BCUT2D eigenvalue weighted by atomic mass is 35.5. The number of anilines is 1. The van der Waals surface area contributed by atoms with Gasteiger partial charge in [-0.2, -0.15) is 0 Å². The molecule has 1 aliphatic heterocycles. The van der Waals surface area contributed by atoms with Gasteiger partial charge < -0.3 is 15.3 Å². The number of hydrogen-bond acceptors (Lipinski definition) is 3. The average molecular weight is 282 g/mol. The third-order valence-electron chi connectivity index (χ3n) is 4.06. The van der Waals surface area contributed by atoms with Crippen molar-refractivity contribution >= 4 is 23.5 Å². The number of carboxylic acid groups (broad SMARTS) is 1. The van der Waals surface area contributed by atoms with Gasteiger partial charge in [0.15, 0.2) is 0 Å². The Morgan fingerprint density at radius 2 is 2.37 bits per heavy atom. The normalized spacial score (nSPS) is 23.6. The van der Waals surface area contributed by atoms with E-state index in [0.717, 1.165) is 25.1 Å². The van der Waals surface area contributed by atoms with E-state index in [1.54, 1.807) is 23.2 Å². The molecule has 2 heterocycles. The fraction of sp³-hybridized carbons (Fsp3) is 0.538. The zero-order chi connectivity index (χ0) is 13.5. The summed E-state index contributed by atoms with van der Waals surface area (Å²) in [5.74, 6) is 0.728. The van der Waals surface area contributed by atoms with Crippen LogP contribution in [0.15, 0.2) is 18.3 Å². The Morgan fingerprint density at radius 1 is 1.58 bits per heavy atom. The van der Waals surface area contributed by atoms with Crippen LogP contribution in [-0.4, -0.2) is 40.2 Å². The number of carbonyl (C=O) groups is 1. The molecule has 1 atom stereocenters. The molecule has 6 heteroatoms. The fourth-order valence-corrected chi connectivity index (χ4v) is 2.92. The molecule has 2 aliphatic rings. The van der Waals surface area contributed by atoms with Crippen LogP contribution in [0.1, 0.15) is 19.3 Å². The predicted molar refractivity (Wildman–Crippen MR) is 72.5 cm³/mol. The summed E-state index contributed by atoms with van der Waals surface area (Å²) in [5, 5.41) is 13.0. The van der Waals surface area contributed by atoms with Crippen LogP contribution in [0.25, 0.3) is 0 Å². The van der Waals surface area contributed by atoms with Crippen molar-refractivity contribution in [1.82, 2.24) is 9.88 Å². The molecule has 1 spiro atoms. The van der Waals surface area contributed by atoms with Gasteiger partial charge >= 0.3 is 6.09 Å². The number of pyridine rings is 1. The van der Waals surface area contributed by atoms with E-state index >= 15 is 0 Å². The largest absolute Gasteiger partial charge is 0.465 e. The third kappa shape index (κ3) is 2.61. The SMILES string of the molecule is O=C(O)N1CC2(CC2)C[C@H]1CNc1ccc(Cl)cn1. The molecule has 0 aromatic carbocycles. The molecule has 19 heavy (non-hydrogen) atoms. The first-order valence-corrected chi connectivity index (χ1v) is 6.81. The van der Waals surface area contributed by atoms with Gasteiger partial charge in [0.05, 0.1) is 11.1 Å². The summed E-state index contributed by atoms with van der Waals surface area (Å²) in [4.78, 5) is 17.0. The lowest BCUT2D eigenvalue weighted by Crippen LogP contribution is -2.38. The van der Waals surface area contributed by atoms with Crippen LogP contribution in [0.3, 0.4) is 0 Å². The predicted octanol–water partition coefficient (Wildman–Crippen LogP) is 2.68. The molecule has 3 rings (SSSR count). The van der Waals surface area contributed by atoms with E-state index in [0.29, 0.717) is 18.1 Å². The highest BCUT2D eigenvalue weighted by Crippen LogP contribution is 2.54. The minimum Gasteiger partial charge on any atom is -0.465 e. The quantitative estimate of drug-likeness (QED) is 0.894. The Morgan fingerprint density at radius 3 is 2.95 bits per heavy atom. The van der Waals surface area contributed by atoms with E-state index in [-0.39, 0.29) is 11.5 Å². The number of aromatic nitrogens is 1. The van der Waals surface area contributed by atoms with Gasteiger partial charge in [-0.15, -0.1) is 0 Å². The monoisotopic (exact) mass is 281 g/mol. The number of halogens is 1. The first-order chi connectivity index (χ1) is 9.08. The lowest BCUT2D eigenvalue weighted by molar-refractivity contribution is 0.140. The van der Waals surface area contributed by atoms with Crippen LogP contribution >= 0.6 is 11.6 Å². The van der Waals surface area contributed by atoms with E-state index in [1.807, 2.05) is 0 Å². The zero-order valence-electron chi connectivity index (χ0n) is 10.5. The Kier molecular flexibility index (Phi) is 3.01. The number of nitrogens with one attached hydrogen (secondary N) is 1. The maximum Gasteiger partial charge on any atom is 0.407 e. The molecule has 2 N–H and O–H groups in total. The summed E-state index contributed by atoms with van der Waals surface area (Å²) in [6.07, 6.45) is 4.04. The number of nitrogens with zero attached hydrogens (tertiary/aromatic N) is 2. The van der Waals surface area contributed by atoms with Crippen LogP contribution in [0.2, 0.25) is 5.02 Å². The van der Waals surface area contributed by atoms with Crippen LogP contribution in [0.5, 0.6) is 0 Å². The van der Waals surface area contributed by atoms with Gasteiger partial charge in [-0.3, -0.25) is 0 Å². The molecule has 2 fully saturated rings. The van der Waals surface area contributed by atoms with Gasteiger partial charge in [0.1, 0.15) is 5.82 Å². The molecule has 0 unspecified atom stereocenters. The van der Waals surface area contributed by atoms with Crippen molar-refractivity contribution in [1.29, 1.82) is 0 Å². The molecule has 1 saturated carbocycles. The summed E-state index contributed by atoms with van der Waals surface area (Å²) in [7, 11) is 0. The first kappa shape index (κ1) is 12.5. The molecule has 0 radical (unpaired) electrons. The lowest BCUT2D eigenvalue weighted by atomic mass is 10.0. The third-order valence-corrected chi connectivity index (χ3v) is 4.29. The maximum atomic E-state index is 11.2. The topological polar surface area (TPSA) is 65.5 Å². The van der Waals surface area contributed by atoms with Crippen molar-refractivity contribution < 1.29 is 9.90 Å². The van der Waals surface area contributed by atoms with E-state index in [1.165, 1.54) is 0 Å². The number of likely N-dealkylation sites (tertiary alicyclic amines) is 1. The first-order valence-electron chi connectivity index (χ1n) is 6.43. The van der Waals surface area contributed by atoms with Crippen LogP contribution in [0, 0.1) is 5.41 Å². The summed E-state index contributed by atoms with van der Waals surface area (Å²) in [5.41, 5.74) is 0.276. The molecular weight excluding hydrogens is 266 g/mol. The van der Waals surface area contributed by atoms with Gasteiger partial charge in [0.25, 0.3) is 0 Å². The smallest absolute Gasteiger partial charge is 0.407 e. The molecule has 1 saturated heterocycles. The Bertz CT molecular complexity index is 487. The second-order valence-electron chi connectivity index (χ2n) is 5.51. The zero-order valence-corrected chi connectivity index (χ0v) is 11.2. The summed E-state index contributed by atoms with van der Waals surface area (Å²) in [6, 6.07) is 3.61. The van der Waals surface area contributed by atoms with Gasteiger partial charge in [-0.25, -0.2) is 9.78 Å². The molecule has 5 nitrogen and oxygen atoms in total. The number of hydrogen-bond donors (Lipinski definition) is 2. The Balaban J connectivity index is 1.62. The molecule has 1 amide bonds. The maximum absolute atomic E-state index is 11.2. The molecule has 102 valence electrons. The van der Waals surface area contributed by atoms with Gasteiger partial charge in [0.2, 0.25) is 0 Å². The summed E-state index contributed by atoms with van der Waals surface area (Å²) >= 11 is 5.77. The van der Waals surface area contributed by atoms with Crippen molar-refractivity contribution in [2.45, 2.75) is 25.3 Å². The van der Waals surface area contributed by atoms with Crippen LogP contribution < -0.4 is 5.32 Å². The second-order valence-corrected chi connectivity index (χ2v) is 5.95. The lowest BCUT2D eigenvalue weighted by Gasteiger charge is -2.21.